The minimum Gasteiger partial charge on any atom is -0.457 e. The molecule has 0 saturated heterocycles. The van der Waals surface area contributed by atoms with E-state index in [1.165, 1.54) is 104 Å². The molecule has 0 unspecified atom stereocenters. The lowest BCUT2D eigenvalue weighted by atomic mass is 9.66. The summed E-state index contributed by atoms with van der Waals surface area (Å²) in [4.78, 5) is 5.14. The van der Waals surface area contributed by atoms with E-state index in [-0.39, 0.29) is 0 Å². The van der Waals surface area contributed by atoms with Crippen LogP contribution < -0.4 is 9.64 Å². The standard InChI is InChI=1S/C81H51NOS/c1-3-22-54(23-4-1)79(55-24-5-2-6-25-55)63-29-10-7-26-58(63)60-48-44-53(50-72(60)79)52-42-45-56(46-43-52)82(57-47-49-66-62(51-57)59-27-8-11-30-64(59)80(66)69-34-15-19-40-76(69)84-77-41-20-16-35-70(77)80)73-37-21-36-71-78(73)61-28-9-12-31-65(61)81(71)67-32-13-17-38-74(67)83-75-39-18-14-33-68(75)81/h1-51H. The first-order chi connectivity index (χ1) is 41.7. The topological polar surface area (TPSA) is 12.5 Å². The number of ether oxygens (including phenoxy) is 1. The van der Waals surface area contributed by atoms with Gasteiger partial charge in [-0.3, -0.25) is 0 Å². The number of nitrogens with zero attached hydrogens (tertiary/aromatic N) is 1. The summed E-state index contributed by atoms with van der Waals surface area (Å²) in [5.74, 6) is 1.76. The Labute approximate surface area is 493 Å². The summed E-state index contributed by atoms with van der Waals surface area (Å²) in [7, 11) is 0. The Morgan fingerprint density at radius 1 is 0.262 bits per heavy atom. The SMILES string of the molecule is c1ccc(C2(c3ccccc3)c3ccccc3-c3ccc(-c4ccc(N(c5ccc6c(c5)-c5ccccc5C65c6ccccc6Sc6ccccc65)c5cccc6c5-c5ccccc5C65c6ccccc6Oc6ccccc65)cc4)cc32)cc1. The van der Waals surface area contributed by atoms with Crippen molar-refractivity contribution in [2.24, 2.45) is 0 Å². The van der Waals surface area contributed by atoms with Crippen molar-refractivity contribution >= 4 is 28.8 Å². The molecule has 18 rings (SSSR count). The molecule has 2 heterocycles. The lowest BCUT2D eigenvalue weighted by Gasteiger charge is -2.40. The van der Waals surface area contributed by atoms with Gasteiger partial charge in [0, 0.05) is 37.9 Å². The van der Waals surface area contributed by atoms with Gasteiger partial charge in [-0.05, 0) is 155 Å². The van der Waals surface area contributed by atoms with E-state index in [9.17, 15) is 0 Å². The first-order valence-corrected chi connectivity index (χ1v) is 30.0. The highest BCUT2D eigenvalue weighted by atomic mass is 32.2. The molecule has 2 spiro atoms. The highest BCUT2D eigenvalue weighted by Gasteiger charge is 2.54. The Morgan fingerprint density at radius 3 is 1.33 bits per heavy atom. The smallest absolute Gasteiger partial charge is 0.132 e. The van der Waals surface area contributed by atoms with Gasteiger partial charge in [0.2, 0.25) is 0 Å². The lowest BCUT2D eigenvalue weighted by Crippen LogP contribution is -2.32. The van der Waals surface area contributed by atoms with Crippen LogP contribution in [-0.2, 0) is 16.2 Å². The molecule has 0 saturated carbocycles. The van der Waals surface area contributed by atoms with Crippen LogP contribution in [0.5, 0.6) is 11.5 Å². The van der Waals surface area contributed by atoms with E-state index in [1.54, 1.807) is 0 Å². The quantitative estimate of drug-likeness (QED) is 0.165. The van der Waals surface area contributed by atoms with Crippen molar-refractivity contribution in [3.8, 4) is 56.0 Å². The molecule has 3 heteroatoms. The zero-order chi connectivity index (χ0) is 55.1. The van der Waals surface area contributed by atoms with Crippen molar-refractivity contribution in [1.82, 2.24) is 0 Å². The van der Waals surface area contributed by atoms with E-state index >= 15 is 0 Å². The number of hydrogen-bond acceptors (Lipinski definition) is 3. The van der Waals surface area contributed by atoms with Crippen LogP contribution in [0.25, 0.3) is 44.5 Å². The minimum absolute atomic E-state index is 0.492. The predicted octanol–water partition coefficient (Wildman–Crippen LogP) is 20.5. The van der Waals surface area contributed by atoms with Gasteiger partial charge in [-0.15, -0.1) is 0 Å². The van der Waals surface area contributed by atoms with E-state index in [2.05, 4.69) is 314 Å². The number of para-hydroxylation sites is 2. The maximum atomic E-state index is 6.81. The summed E-state index contributed by atoms with van der Waals surface area (Å²) in [6.45, 7) is 0. The number of fused-ring (bicyclic) bond motifs is 21. The van der Waals surface area contributed by atoms with Crippen LogP contribution >= 0.6 is 11.8 Å². The molecule has 0 atom stereocenters. The molecule has 13 aromatic rings. The Bertz CT molecular complexity index is 4740. The molecule has 0 N–H and O–H groups in total. The summed E-state index contributed by atoms with van der Waals surface area (Å²) in [5.41, 5.74) is 26.7. The molecule has 2 nitrogen and oxygen atoms in total. The van der Waals surface area contributed by atoms with Crippen LogP contribution in [0.4, 0.5) is 17.1 Å². The van der Waals surface area contributed by atoms with Gasteiger partial charge in [0.15, 0.2) is 0 Å². The molecule has 3 aliphatic carbocycles. The molecular formula is C81H51NOS. The minimum atomic E-state index is -0.631. The van der Waals surface area contributed by atoms with Gasteiger partial charge < -0.3 is 9.64 Å². The molecule has 392 valence electrons. The maximum Gasteiger partial charge on any atom is 0.132 e. The summed E-state index contributed by atoms with van der Waals surface area (Å²) in [6.07, 6.45) is 0. The first kappa shape index (κ1) is 47.4. The second-order valence-corrected chi connectivity index (χ2v) is 24.0. The van der Waals surface area contributed by atoms with Crippen molar-refractivity contribution in [1.29, 1.82) is 0 Å². The molecular weight excluding hydrogens is 1030 g/mol. The van der Waals surface area contributed by atoms with Crippen LogP contribution in [0.1, 0.15) is 66.8 Å². The Morgan fingerprint density at radius 2 is 0.702 bits per heavy atom. The van der Waals surface area contributed by atoms with Crippen molar-refractivity contribution < 1.29 is 4.74 Å². The zero-order valence-electron chi connectivity index (χ0n) is 45.7. The Kier molecular flexibility index (Phi) is 10.1. The first-order valence-electron chi connectivity index (χ1n) is 29.1. The van der Waals surface area contributed by atoms with Gasteiger partial charge in [-0.2, -0.15) is 0 Å². The molecule has 84 heavy (non-hydrogen) atoms. The fraction of sp³-hybridized carbons (Fsp3) is 0.0370. The molecule has 5 aliphatic rings. The molecule has 0 radical (unpaired) electrons. The number of hydrogen-bond donors (Lipinski definition) is 0. The largest absolute Gasteiger partial charge is 0.457 e. The van der Waals surface area contributed by atoms with Crippen molar-refractivity contribution in [2.75, 3.05) is 4.90 Å². The van der Waals surface area contributed by atoms with E-state index in [0.29, 0.717) is 0 Å². The molecule has 13 aromatic carbocycles. The van der Waals surface area contributed by atoms with Crippen LogP contribution in [0.15, 0.2) is 319 Å². The summed E-state index contributed by atoms with van der Waals surface area (Å²) in [5, 5.41) is 0. The van der Waals surface area contributed by atoms with Crippen molar-refractivity contribution in [2.45, 2.75) is 26.0 Å². The van der Waals surface area contributed by atoms with Crippen LogP contribution in [0.3, 0.4) is 0 Å². The third-order valence-corrected chi connectivity index (χ3v) is 20.2. The van der Waals surface area contributed by atoms with E-state index in [0.717, 1.165) is 45.3 Å². The predicted molar refractivity (Wildman–Crippen MR) is 343 cm³/mol. The van der Waals surface area contributed by atoms with Crippen LogP contribution in [0.2, 0.25) is 0 Å². The van der Waals surface area contributed by atoms with E-state index in [4.69, 9.17) is 4.74 Å². The molecule has 0 fully saturated rings. The van der Waals surface area contributed by atoms with Crippen LogP contribution in [0, 0.1) is 0 Å². The summed E-state index contributed by atoms with van der Waals surface area (Å²) < 4.78 is 6.81. The second-order valence-electron chi connectivity index (χ2n) is 22.9. The average Bonchev–Trinajstić information content (AvgIpc) is 1.56. The van der Waals surface area contributed by atoms with Crippen molar-refractivity contribution in [3.05, 3.63) is 376 Å². The van der Waals surface area contributed by atoms with Gasteiger partial charge in [0.25, 0.3) is 0 Å². The molecule has 0 amide bonds. The number of benzene rings is 13. The van der Waals surface area contributed by atoms with Gasteiger partial charge >= 0.3 is 0 Å². The fourth-order valence-electron chi connectivity index (χ4n) is 15.9. The van der Waals surface area contributed by atoms with E-state index in [1.807, 2.05) is 11.8 Å². The summed E-state index contributed by atoms with van der Waals surface area (Å²) in [6, 6.07) is 116. The number of anilines is 3. The van der Waals surface area contributed by atoms with Gasteiger partial charge in [-0.1, -0.05) is 260 Å². The van der Waals surface area contributed by atoms with Gasteiger partial charge in [-0.25, -0.2) is 0 Å². The Balaban J connectivity index is 0.865. The second kappa shape index (κ2) is 17.9. The monoisotopic (exact) mass is 1090 g/mol. The van der Waals surface area contributed by atoms with Gasteiger partial charge in [0.1, 0.15) is 11.5 Å². The molecule has 0 aromatic heterocycles. The van der Waals surface area contributed by atoms with Gasteiger partial charge in [0.05, 0.1) is 21.9 Å². The average molecular weight is 1090 g/mol. The van der Waals surface area contributed by atoms with E-state index < -0.39 is 16.2 Å². The maximum absolute atomic E-state index is 6.81. The third kappa shape index (κ3) is 6.21. The zero-order valence-corrected chi connectivity index (χ0v) is 46.5. The van der Waals surface area contributed by atoms with Crippen LogP contribution in [-0.4, -0.2) is 0 Å². The molecule has 0 bridgehead atoms. The Hall–Kier alpha value is -10.2. The highest BCUT2D eigenvalue weighted by molar-refractivity contribution is 7.99. The van der Waals surface area contributed by atoms with Crippen molar-refractivity contribution in [3.63, 3.8) is 0 Å². The lowest BCUT2D eigenvalue weighted by molar-refractivity contribution is 0.436. The number of rotatable bonds is 6. The third-order valence-electron chi connectivity index (χ3n) is 19.1. The molecule has 2 aliphatic heterocycles. The highest BCUT2D eigenvalue weighted by Crippen LogP contribution is 2.66. The normalized spacial score (nSPS) is 14.8. The summed E-state index contributed by atoms with van der Waals surface area (Å²) >= 11 is 1.89. The fourth-order valence-corrected chi connectivity index (χ4v) is 17.1.